The van der Waals surface area contributed by atoms with E-state index < -0.39 is 10.8 Å². The van der Waals surface area contributed by atoms with E-state index in [0.29, 0.717) is 13.1 Å². The topological polar surface area (TPSA) is 90.1 Å². The third-order valence-corrected chi connectivity index (χ3v) is 2.85. The highest BCUT2D eigenvalue weighted by molar-refractivity contribution is 5.96. The van der Waals surface area contributed by atoms with Crippen molar-refractivity contribution in [2.45, 2.75) is 46.1 Å². The maximum absolute atomic E-state index is 12.0. The van der Waals surface area contributed by atoms with Crippen molar-refractivity contribution in [3.8, 4) is 0 Å². The molecule has 0 atom stereocenters. The lowest BCUT2D eigenvalue weighted by Crippen LogP contribution is -2.27. The molecule has 0 bridgehead atoms. The molecule has 1 heterocycles. The predicted molar refractivity (Wildman–Crippen MR) is 71.0 cm³/mol. The zero-order chi connectivity index (χ0) is 14.3. The van der Waals surface area contributed by atoms with Crippen molar-refractivity contribution >= 4 is 11.6 Å². The Morgan fingerprint density at radius 3 is 2.74 bits per heavy atom. The number of carbonyl (C=O) groups excluding carboxylic acids is 1. The van der Waals surface area contributed by atoms with E-state index in [4.69, 9.17) is 0 Å². The van der Waals surface area contributed by atoms with Crippen LogP contribution in [-0.4, -0.2) is 27.2 Å². The van der Waals surface area contributed by atoms with E-state index in [-0.39, 0.29) is 11.4 Å². The summed E-state index contributed by atoms with van der Waals surface area (Å²) in [5, 5.41) is 17.4. The number of carbonyl (C=O) groups is 1. The number of hydrogen-bond donors (Lipinski definition) is 1. The number of aromatic nitrogens is 2. The average molecular weight is 268 g/mol. The summed E-state index contributed by atoms with van der Waals surface area (Å²) in [5.74, 6) is -0.428. The molecule has 0 fully saturated rings. The molecule has 0 spiro atoms. The lowest BCUT2D eigenvalue weighted by Gasteiger charge is -2.06. The molecule has 0 saturated carbocycles. The van der Waals surface area contributed by atoms with Gasteiger partial charge in [0, 0.05) is 13.1 Å². The number of hydrogen-bond acceptors (Lipinski definition) is 4. The molecule has 1 amide bonds. The van der Waals surface area contributed by atoms with Crippen molar-refractivity contribution in [1.82, 2.24) is 15.1 Å². The van der Waals surface area contributed by atoms with Gasteiger partial charge in [0.25, 0.3) is 5.91 Å². The normalized spacial score (nSPS) is 10.4. The molecule has 0 aliphatic carbocycles. The quantitative estimate of drug-likeness (QED) is 0.444. The number of nitrogens with one attached hydrogen (secondary N) is 1. The molecule has 1 rings (SSSR count). The van der Waals surface area contributed by atoms with Crippen molar-refractivity contribution < 1.29 is 9.72 Å². The van der Waals surface area contributed by atoms with Crippen LogP contribution in [0.15, 0.2) is 6.20 Å². The monoisotopic (exact) mass is 268 g/mol. The molecule has 1 aromatic rings. The van der Waals surface area contributed by atoms with E-state index in [2.05, 4.69) is 17.3 Å². The molecule has 1 aromatic heterocycles. The van der Waals surface area contributed by atoms with Crippen LogP contribution in [0.3, 0.4) is 0 Å². The van der Waals surface area contributed by atoms with E-state index in [0.717, 1.165) is 31.9 Å². The summed E-state index contributed by atoms with van der Waals surface area (Å²) in [7, 11) is 0. The number of rotatable bonds is 8. The van der Waals surface area contributed by atoms with Gasteiger partial charge in [-0.25, -0.2) is 0 Å². The minimum absolute atomic E-state index is 0.0305. The zero-order valence-electron chi connectivity index (χ0n) is 11.4. The molecule has 19 heavy (non-hydrogen) atoms. The molecule has 0 aromatic carbocycles. The van der Waals surface area contributed by atoms with Crippen molar-refractivity contribution in [3.63, 3.8) is 0 Å². The standard InChI is InChI=1S/C12H20N4O3/c1-3-5-6-7-8-13-12(17)11-10(16(18)19)9-14-15(11)4-2/h9H,3-8H2,1-2H3,(H,13,17). The van der Waals surface area contributed by atoms with Gasteiger partial charge in [-0.1, -0.05) is 26.2 Å². The Labute approximate surface area is 112 Å². The Morgan fingerprint density at radius 2 is 2.16 bits per heavy atom. The van der Waals surface area contributed by atoms with Crippen LogP contribution in [0.5, 0.6) is 0 Å². The second kappa shape index (κ2) is 7.50. The van der Waals surface area contributed by atoms with Crippen LogP contribution in [0.4, 0.5) is 5.69 Å². The Bertz CT molecular complexity index is 442. The van der Waals surface area contributed by atoms with Crippen LogP contribution in [0.1, 0.15) is 50.0 Å². The largest absolute Gasteiger partial charge is 0.350 e. The van der Waals surface area contributed by atoms with Gasteiger partial charge in [0.1, 0.15) is 6.20 Å². The Hall–Kier alpha value is -1.92. The smallest absolute Gasteiger partial charge is 0.320 e. The summed E-state index contributed by atoms with van der Waals surface area (Å²) in [6.07, 6.45) is 5.31. The van der Waals surface area contributed by atoms with Gasteiger partial charge in [-0.3, -0.25) is 19.6 Å². The lowest BCUT2D eigenvalue weighted by molar-refractivity contribution is -0.385. The van der Waals surface area contributed by atoms with Crippen LogP contribution in [-0.2, 0) is 6.54 Å². The van der Waals surface area contributed by atoms with Gasteiger partial charge in [0.05, 0.1) is 4.92 Å². The first-order valence-corrected chi connectivity index (χ1v) is 6.60. The number of amides is 1. The first-order chi connectivity index (χ1) is 9.11. The average Bonchev–Trinajstić information content (AvgIpc) is 2.82. The van der Waals surface area contributed by atoms with Crippen LogP contribution in [0.25, 0.3) is 0 Å². The fourth-order valence-corrected chi connectivity index (χ4v) is 1.82. The summed E-state index contributed by atoms with van der Waals surface area (Å²) in [6.45, 7) is 4.85. The third-order valence-electron chi connectivity index (χ3n) is 2.85. The molecule has 0 saturated heterocycles. The minimum atomic E-state index is -0.578. The first-order valence-electron chi connectivity index (χ1n) is 6.60. The molecule has 0 aliphatic rings. The van der Waals surface area contributed by atoms with Gasteiger partial charge in [-0.15, -0.1) is 0 Å². The predicted octanol–water partition coefficient (Wildman–Crippen LogP) is 2.12. The zero-order valence-corrected chi connectivity index (χ0v) is 11.4. The highest BCUT2D eigenvalue weighted by atomic mass is 16.6. The number of aryl methyl sites for hydroxylation is 1. The highest BCUT2D eigenvalue weighted by Gasteiger charge is 2.25. The van der Waals surface area contributed by atoms with Crippen molar-refractivity contribution in [3.05, 3.63) is 22.0 Å². The first kappa shape index (κ1) is 15.1. The van der Waals surface area contributed by atoms with Crippen molar-refractivity contribution in [2.75, 3.05) is 6.54 Å². The molecule has 0 unspecified atom stereocenters. The van der Waals surface area contributed by atoms with Gasteiger partial charge in [-0.05, 0) is 13.3 Å². The number of unbranched alkanes of at least 4 members (excludes halogenated alkanes) is 3. The molecule has 0 aliphatic heterocycles. The Kier molecular flexibility index (Phi) is 5.98. The molecule has 106 valence electrons. The molecular weight excluding hydrogens is 248 g/mol. The highest BCUT2D eigenvalue weighted by Crippen LogP contribution is 2.17. The molecule has 7 nitrogen and oxygen atoms in total. The Balaban J connectivity index is 2.65. The summed E-state index contributed by atoms with van der Waals surface area (Å²) >= 11 is 0. The maximum Gasteiger partial charge on any atom is 0.320 e. The summed E-state index contributed by atoms with van der Waals surface area (Å²) in [5.41, 5.74) is -0.212. The van der Waals surface area contributed by atoms with Gasteiger partial charge in [0.2, 0.25) is 5.69 Å². The summed E-state index contributed by atoms with van der Waals surface area (Å²) in [4.78, 5) is 22.2. The van der Waals surface area contributed by atoms with Gasteiger partial charge < -0.3 is 5.32 Å². The molecule has 0 radical (unpaired) electrons. The van der Waals surface area contributed by atoms with Gasteiger partial charge in [0.15, 0.2) is 0 Å². The second-order valence-corrected chi connectivity index (χ2v) is 4.27. The minimum Gasteiger partial charge on any atom is -0.350 e. The summed E-state index contributed by atoms with van der Waals surface area (Å²) in [6, 6.07) is 0. The number of nitro groups is 1. The lowest BCUT2D eigenvalue weighted by atomic mass is 10.2. The van der Waals surface area contributed by atoms with Crippen LogP contribution < -0.4 is 5.32 Å². The van der Waals surface area contributed by atoms with Crippen LogP contribution >= 0.6 is 0 Å². The van der Waals surface area contributed by atoms with Gasteiger partial charge >= 0.3 is 5.69 Å². The van der Waals surface area contributed by atoms with Crippen LogP contribution in [0, 0.1) is 10.1 Å². The maximum atomic E-state index is 12.0. The van der Waals surface area contributed by atoms with Crippen LogP contribution in [0.2, 0.25) is 0 Å². The fraction of sp³-hybridized carbons (Fsp3) is 0.667. The Morgan fingerprint density at radius 1 is 1.42 bits per heavy atom. The third kappa shape index (κ3) is 4.04. The van der Waals surface area contributed by atoms with E-state index >= 15 is 0 Å². The molecule has 1 N–H and O–H groups in total. The fourth-order valence-electron chi connectivity index (χ4n) is 1.82. The summed E-state index contributed by atoms with van der Waals surface area (Å²) < 4.78 is 1.35. The van der Waals surface area contributed by atoms with E-state index in [9.17, 15) is 14.9 Å². The van der Waals surface area contributed by atoms with Gasteiger partial charge in [-0.2, -0.15) is 5.10 Å². The van der Waals surface area contributed by atoms with Crippen molar-refractivity contribution in [2.24, 2.45) is 0 Å². The van der Waals surface area contributed by atoms with E-state index in [1.54, 1.807) is 6.92 Å². The number of nitrogens with zero attached hydrogens (tertiary/aromatic N) is 3. The van der Waals surface area contributed by atoms with E-state index in [1.165, 1.54) is 4.68 Å². The van der Waals surface area contributed by atoms with E-state index in [1.807, 2.05) is 0 Å². The van der Waals surface area contributed by atoms with Crippen molar-refractivity contribution in [1.29, 1.82) is 0 Å². The molecular formula is C12H20N4O3. The molecule has 7 heteroatoms. The second-order valence-electron chi connectivity index (χ2n) is 4.27. The SMILES string of the molecule is CCCCCCNC(=O)c1c([N+](=O)[O-])cnn1CC.